The maximum Gasteiger partial charge on any atom is 0.260 e. The highest BCUT2D eigenvalue weighted by Gasteiger charge is 2.41. The quantitative estimate of drug-likeness (QED) is 0.0554. The van der Waals surface area contributed by atoms with Crippen molar-refractivity contribution in [1.29, 1.82) is 0 Å². The van der Waals surface area contributed by atoms with Crippen LogP contribution in [-0.2, 0) is 24.0 Å². The van der Waals surface area contributed by atoms with Crippen molar-refractivity contribution >= 4 is 82.0 Å². The number of amides is 7. The molecular formula is C63H71N9O12. The van der Waals surface area contributed by atoms with Gasteiger partial charge in [-0.05, 0) is 78.4 Å². The van der Waals surface area contributed by atoms with E-state index >= 15 is 0 Å². The predicted molar refractivity (Wildman–Crippen MR) is 317 cm³/mol. The van der Waals surface area contributed by atoms with E-state index in [1.807, 2.05) is 55.0 Å². The number of nitrogens with one attached hydrogen (secondary N) is 4. The van der Waals surface area contributed by atoms with Crippen LogP contribution in [0, 0.1) is 16.7 Å². The van der Waals surface area contributed by atoms with Gasteiger partial charge in [-0.2, -0.15) is 0 Å². The molecule has 0 radical (unpaired) electrons. The molecule has 0 bridgehead atoms. The van der Waals surface area contributed by atoms with Gasteiger partial charge in [-0.15, -0.1) is 0 Å². The van der Waals surface area contributed by atoms with E-state index in [2.05, 4.69) is 49.0 Å². The zero-order chi connectivity index (χ0) is 60.4. The Morgan fingerprint density at radius 1 is 0.619 bits per heavy atom. The van der Waals surface area contributed by atoms with Gasteiger partial charge in [0.1, 0.15) is 17.8 Å². The van der Waals surface area contributed by atoms with E-state index in [1.54, 1.807) is 87.4 Å². The standard InChI is InChI=1S/C63H71N9O12/c1-35(2)57(69-54(73)30-64-37(4)72-55(74)20-21-56(72)75)59(77)67-36(3)58(76)68-42-16-12-38(13-17-42)40-22-43-28-65-48-26-52(50(81-10)24-46(48)60(78)70(43)31-40)83-33-62(5,6)63(7,8)34-84-53-27-49-47(25-51(53)82-11)61(79)71-32-41(23-44(71)29-66-49)39-14-18-45(80-9)19-15-39/h12-21,24-29,31-32,35-37,43-44,57,64H,22-23,30,33-34H2,1-11H3,(H,67,77)(H,68,76)(H,69,73)/t36?,37?,43?,44-,57?/m0/s1. The van der Waals surface area contributed by atoms with Crippen molar-refractivity contribution in [2.45, 2.75) is 98.6 Å². The minimum atomic E-state index is -0.977. The summed E-state index contributed by atoms with van der Waals surface area (Å²) in [4.78, 5) is 106. The molecule has 4 aromatic rings. The monoisotopic (exact) mass is 1150 g/mol. The van der Waals surface area contributed by atoms with Crippen LogP contribution in [0.1, 0.15) is 100 Å². The number of carbonyl (C=O) groups excluding carboxylic acids is 7. The number of methoxy groups -OCH3 is 3. The van der Waals surface area contributed by atoms with Gasteiger partial charge >= 0.3 is 0 Å². The van der Waals surface area contributed by atoms with Crippen LogP contribution in [0.3, 0.4) is 0 Å². The molecule has 0 spiro atoms. The lowest BCUT2D eigenvalue weighted by Gasteiger charge is -2.41. The molecule has 9 rings (SSSR count). The highest BCUT2D eigenvalue weighted by atomic mass is 16.5. The van der Waals surface area contributed by atoms with Crippen LogP contribution in [0.5, 0.6) is 28.7 Å². The number of hydrogen-bond donors (Lipinski definition) is 4. The first kappa shape index (κ1) is 59.5. The molecule has 84 heavy (non-hydrogen) atoms. The second-order valence-corrected chi connectivity index (χ2v) is 23.0. The molecule has 4 aromatic carbocycles. The van der Waals surface area contributed by atoms with Gasteiger partial charge in [0.05, 0.1) is 81.8 Å². The van der Waals surface area contributed by atoms with Crippen LogP contribution in [0.2, 0.25) is 0 Å². The Morgan fingerprint density at radius 3 is 1.55 bits per heavy atom. The molecule has 5 heterocycles. The van der Waals surface area contributed by atoms with Crippen LogP contribution in [-0.4, -0.2) is 140 Å². The number of imide groups is 1. The summed E-state index contributed by atoms with van der Waals surface area (Å²) in [5.41, 5.74) is 4.91. The number of nitrogens with zero attached hydrogens (tertiary/aromatic N) is 5. The lowest BCUT2D eigenvalue weighted by Crippen LogP contribution is -2.56. The van der Waals surface area contributed by atoms with E-state index in [4.69, 9.17) is 33.7 Å². The SMILES string of the molecule is COc1ccc(C2=CN3C(=O)c4cc(OC)c(OCC(C)(C)C(C)(C)COc5cc6c(cc5OC)C(=O)N5C=C(c7ccc(NC(=O)C(C)NC(=O)C(NC(=O)CNC(C)N8C(=O)C=CC8=O)C(C)C)cc7)CC5C=N6)cc4N=C[C@@H]3C2)cc1. The molecule has 0 aromatic heterocycles. The summed E-state index contributed by atoms with van der Waals surface area (Å²) in [6.45, 7) is 15.2. The molecule has 7 amide bonds. The zero-order valence-corrected chi connectivity index (χ0v) is 49.0. The Bertz CT molecular complexity index is 3420. The van der Waals surface area contributed by atoms with Gasteiger partial charge in [0.25, 0.3) is 23.6 Å². The first-order valence-electron chi connectivity index (χ1n) is 27.8. The summed E-state index contributed by atoms with van der Waals surface area (Å²) in [6, 6.07) is 19.2. The molecule has 21 heteroatoms. The molecule has 5 aliphatic heterocycles. The third-order valence-electron chi connectivity index (χ3n) is 16.2. The molecule has 440 valence electrons. The highest BCUT2D eigenvalue weighted by Crippen LogP contribution is 2.45. The Hall–Kier alpha value is -9.11. The predicted octanol–water partition coefficient (Wildman–Crippen LogP) is 7.61. The van der Waals surface area contributed by atoms with Crippen molar-refractivity contribution in [3.05, 3.63) is 120 Å². The van der Waals surface area contributed by atoms with Crippen molar-refractivity contribution in [3.63, 3.8) is 0 Å². The summed E-state index contributed by atoms with van der Waals surface area (Å²) in [6.07, 6.45) is 9.91. The molecular weight excluding hydrogens is 1070 g/mol. The van der Waals surface area contributed by atoms with Crippen molar-refractivity contribution in [1.82, 2.24) is 30.7 Å². The smallest absolute Gasteiger partial charge is 0.260 e. The maximum atomic E-state index is 14.3. The van der Waals surface area contributed by atoms with Crippen LogP contribution < -0.4 is 45.0 Å². The summed E-state index contributed by atoms with van der Waals surface area (Å²) >= 11 is 0. The summed E-state index contributed by atoms with van der Waals surface area (Å²) in [5, 5.41) is 11.0. The van der Waals surface area contributed by atoms with E-state index < -0.39 is 58.6 Å². The normalized spacial score (nSPS) is 18.2. The van der Waals surface area contributed by atoms with Crippen molar-refractivity contribution < 1.29 is 57.2 Å². The number of hydrogen-bond acceptors (Lipinski definition) is 15. The van der Waals surface area contributed by atoms with Gasteiger partial charge in [-0.3, -0.25) is 53.8 Å². The Morgan fingerprint density at radius 2 is 1.10 bits per heavy atom. The topological polar surface area (TPSA) is 248 Å². The minimum absolute atomic E-state index is 0.182. The van der Waals surface area contributed by atoms with Gasteiger partial charge in [-0.25, -0.2) is 0 Å². The fourth-order valence-corrected chi connectivity index (χ4v) is 10.1. The molecule has 4 N–H and O–H groups in total. The van der Waals surface area contributed by atoms with Crippen molar-refractivity contribution in [3.8, 4) is 28.7 Å². The van der Waals surface area contributed by atoms with Crippen LogP contribution in [0.25, 0.3) is 11.1 Å². The van der Waals surface area contributed by atoms with E-state index in [9.17, 15) is 33.6 Å². The number of benzene rings is 4. The van der Waals surface area contributed by atoms with Gasteiger partial charge in [0.2, 0.25) is 17.7 Å². The Labute approximate surface area is 488 Å². The molecule has 0 saturated heterocycles. The first-order valence-corrected chi connectivity index (χ1v) is 27.8. The molecule has 5 atom stereocenters. The minimum Gasteiger partial charge on any atom is -0.497 e. The first-order chi connectivity index (χ1) is 40.0. The zero-order valence-electron chi connectivity index (χ0n) is 49.0. The van der Waals surface area contributed by atoms with E-state index in [0.29, 0.717) is 64.0 Å². The van der Waals surface area contributed by atoms with Gasteiger partial charge < -0.3 is 49.4 Å². The highest BCUT2D eigenvalue weighted by molar-refractivity contribution is 6.13. The molecule has 0 aliphatic carbocycles. The summed E-state index contributed by atoms with van der Waals surface area (Å²) in [5.74, 6) is -0.950. The second-order valence-electron chi connectivity index (χ2n) is 23.0. The molecule has 0 fully saturated rings. The third kappa shape index (κ3) is 12.5. The number of aliphatic imine (C=N–C) groups is 2. The number of anilines is 1. The van der Waals surface area contributed by atoms with E-state index in [-0.39, 0.29) is 49.6 Å². The fourth-order valence-electron chi connectivity index (χ4n) is 10.1. The Balaban J connectivity index is 0.782. The molecule has 21 nitrogen and oxygen atoms in total. The van der Waals surface area contributed by atoms with Crippen molar-refractivity contribution in [2.24, 2.45) is 26.7 Å². The van der Waals surface area contributed by atoms with Crippen LogP contribution in [0.15, 0.2) is 107 Å². The molecule has 5 aliphatic rings. The van der Waals surface area contributed by atoms with Crippen LogP contribution in [0.4, 0.5) is 17.1 Å². The molecule has 0 saturated carbocycles. The third-order valence-corrected chi connectivity index (χ3v) is 16.2. The van der Waals surface area contributed by atoms with E-state index in [0.717, 1.165) is 45.1 Å². The summed E-state index contributed by atoms with van der Waals surface area (Å²) < 4.78 is 30.0. The number of carbonyl (C=O) groups is 7. The van der Waals surface area contributed by atoms with Crippen molar-refractivity contribution in [2.75, 3.05) is 46.4 Å². The second kappa shape index (κ2) is 24.4. The van der Waals surface area contributed by atoms with Gasteiger partial charge in [-0.1, -0.05) is 65.8 Å². The fraction of sp³-hybridized carbons (Fsp3) is 0.381. The largest absolute Gasteiger partial charge is 0.497 e. The lowest BCUT2D eigenvalue weighted by atomic mass is 9.69. The number of ether oxygens (including phenoxy) is 5. The maximum absolute atomic E-state index is 14.3. The average molecular weight is 1150 g/mol. The van der Waals surface area contributed by atoms with Gasteiger partial charge in [0, 0.05) is 78.5 Å². The Kier molecular flexibility index (Phi) is 17.3. The number of fused-ring (bicyclic) bond motifs is 4. The average Bonchev–Trinajstić information content (AvgIpc) is 2.26. The summed E-state index contributed by atoms with van der Waals surface area (Å²) in [7, 11) is 4.69. The van der Waals surface area contributed by atoms with Crippen LogP contribution >= 0.6 is 0 Å². The molecule has 4 unspecified atom stereocenters. The lowest BCUT2D eigenvalue weighted by molar-refractivity contribution is -0.140. The van der Waals surface area contributed by atoms with Gasteiger partial charge in [0.15, 0.2) is 23.0 Å². The van der Waals surface area contributed by atoms with E-state index in [1.165, 1.54) is 14.0 Å². The number of rotatable bonds is 22.